The topological polar surface area (TPSA) is 84.3 Å². The van der Waals surface area contributed by atoms with Gasteiger partial charge in [0.05, 0.1) is 23.3 Å². The Morgan fingerprint density at radius 3 is 2.81 bits per heavy atom. The van der Waals surface area contributed by atoms with Crippen LogP contribution in [0.1, 0.15) is 38.9 Å². The second-order valence-corrected chi connectivity index (χ2v) is 8.60. The molecule has 1 amide bonds. The number of benzene rings is 1. The molecule has 7 nitrogen and oxygen atoms in total. The summed E-state index contributed by atoms with van der Waals surface area (Å²) in [5, 5.41) is 2.89. The fourth-order valence-electron chi connectivity index (χ4n) is 3.61. The fraction of sp³-hybridized carbons (Fsp3) is 0.556. The first-order valence-electron chi connectivity index (χ1n) is 9.19. The highest BCUT2D eigenvalue weighted by Crippen LogP contribution is 2.22. The van der Waals surface area contributed by atoms with Gasteiger partial charge in [0.15, 0.2) is 0 Å². The molecule has 1 aromatic carbocycles. The second-order valence-electron chi connectivity index (χ2n) is 6.56. The Kier molecular flexibility index (Phi) is 5.62. The molecule has 1 N–H and O–H groups in total. The minimum Gasteiger partial charge on any atom is -0.347 e. The maximum Gasteiger partial charge on any atom is 0.238 e. The van der Waals surface area contributed by atoms with Crippen LogP contribution in [0.4, 0.5) is 0 Å². The van der Waals surface area contributed by atoms with Crippen molar-refractivity contribution in [3.8, 4) is 0 Å². The number of para-hydroxylation sites is 2. The van der Waals surface area contributed by atoms with E-state index in [2.05, 4.69) is 14.9 Å². The molecule has 0 spiro atoms. The summed E-state index contributed by atoms with van der Waals surface area (Å²) in [4.78, 5) is 17.2. The summed E-state index contributed by atoms with van der Waals surface area (Å²) in [5.74, 6) is 0.627. The van der Waals surface area contributed by atoms with Crippen LogP contribution in [-0.4, -0.2) is 46.5 Å². The van der Waals surface area contributed by atoms with Crippen molar-refractivity contribution in [1.29, 1.82) is 0 Å². The summed E-state index contributed by atoms with van der Waals surface area (Å²) in [6.07, 6.45) is 1.83. The Bertz CT molecular complexity index is 891. The molecule has 1 aliphatic heterocycles. The average Bonchev–Trinajstić information content (AvgIpc) is 3.24. The van der Waals surface area contributed by atoms with E-state index in [0.717, 1.165) is 23.4 Å². The number of nitrogens with zero attached hydrogens (tertiary/aromatic N) is 3. The smallest absolute Gasteiger partial charge is 0.238 e. The molecule has 1 aliphatic rings. The van der Waals surface area contributed by atoms with Crippen molar-refractivity contribution in [2.45, 2.75) is 52.2 Å². The van der Waals surface area contributed by atoms with Gasteiger partial charge in [0.25, 0.3) is 0 Å². The Labute approximate surface area is 154 Å². The SMILES string of the molecule is CCCS(=O)(=O)N1CCCC1C(=O)NCc1nc2ccccc2n1CC. The van der Waals surface area contributed by atoms with Crippen LogP contribution in [0.3, 0.4) is 0 Å². The summed E-state index contributed by atoms with van der Waals surface area (Å²) in [7, 11) is -3.37. The number of nitrogens with one attached hydrogen (secondary N) is 1. The molecular weight excluding hydrogens is 352 g/mol. The van der Waals surface area contributed by atoms with Gasteiger partial charge in [-0.2, -0.15) is 4.31 Å². The summed E-state index contributed by atoms with van der Waals surface area (Å²) >= 11 is 0. The van der Waals surface area contributed by atoms with Crippen molar-refractivity contribution in [3.63, 3.8) is 0 Å². The Morgan fingerprint density at radius 2 is 2.08 bits per heavy atom. The molecule has 142 valence electrons. The maximum atomic E-state index is 12.6. The van der Waals surface area contributed by atoms with E-state index in [0.29, 0.717) is 32.4 Å². The quantitative estimate of drug-likeness (QED) is 0.797. The number of amides is 1. The number of rotatable bonds is 7. The van der Waals surface area contributed by atoms with Crippen molar-refractivity contribution >= 4 is 27.0 Å². The lowest BCUT2D eigenvalue weighted by Crippen LogP contribution is -2.46. The summed E-state index contributed by atoms with van der Waals surface area (Å²) in [6.45, 7) is 5.34. The number of fused-ring (bicyclic) bond motifs is 1. The number of imidazole rings is 1. The second kappa shape index (κ2) is 7.75. The van der Waals surface area contributed by atoms with Gasteiger partial charge in [-0.05, 0) is 38.3 Å². The van der Waals surface area contributed by atoms with E-state index >= 15 is 0 Å². The first kappa shape index (κ1) is 18.8. The van der Waals surface area contributed by atoms with E-state index in [1.54, 1.807) is 0 Å². The maximum absolute atomic E-state index is 12.6. The van der Waals surface area contributed by atoms with Crippen LogP contribution >= 0.6 is 0 Å². The first-order chi connectivity index (χ1) is 12.5. The van der Waals surface area contributed by atoms with Crippen LogP contribution in [0, 0.1) is 0 Å². The fourth-order valence-corrected chi connectivity index (χ4v) is 5.35. The van der Waals surface area contributed by atoms with Gasteiger partial charge in [-0.25, -0.2) is 13.4 Å². The third-order valence-electron chi connectivity index (χ3n) is 4.80. The molecule has 26 heavy (non-hydrogen) atoms. The molecule has 2 aromatic rings. The van der Waals surface area contributed by atoms with Crippen LogP contribution in [0.15, 0.2) is 24.3 Å². The van der Waals surface area contributed by atoms with E-state index in [1.165, 1.54) is 4.31 Å². The highest BCUT2D eigenvalue weighted by atomic mass is 32.2. The molecular formula is C18H26N4O3S. The number of carbonyl (C=O) groups excluding carboxylic acids is 1. The van der Waals surface area contributed by atoms with Gasteiger partial charge in [-0.1, -0.05) is 19.1 Å². The molecule has 0 radical (unpaired) electrons. The highest BCUT2D eigenvalue weighted by molar-refractivity contribution is 7.89. The van der Waals surface area contributed by atoms with Crippen LogP contribution in [0.2, 0.25) is 0 Å². The largest absolute Gasteiger partial charge is 0.347 e. The van der Waals surface area contributed by atoms with Crippen molar-refractivity contribution in [1.82, 2.24) is 19.2 Å². The third-order valence-corrected chi connectivity index (χ3v) is 6.87. The monoisotopic (exact) mass is 378 g/mol. The van der Waals surface area contributed by atoms with Gasteiger partial charge in [0.1, 0.15) is 11.9 Å². The van der Waals surface area contributed by atoms with Crippen molar-refractivity contribution in [2.24, 2.45) is 0 Å². The molecule has 1 saturated heterocycles. The minimum absolute atomic E-state index is 0.0857. The zero-order valence-electron chi connectivity index (χ0n) is 15.3. The number of aryl methyl sites for hydroxylation is 1. The number of hydrogen-bond donors (Lipinski definition) is 1. The molecule has 0 saturated carbocycles. The minimum atomic E-state index is -3.37. The lowest BCUT2D eigenvalue weighted by Gasteiger charge is -2.23. The molecule has 1 aromatic heterocycles. The molecule has 1 unspecified atom stereocenters. The van der Waals surface area contributed by atoms with Gasteiger partial charge < -0.3 is 9.88 Å². The standard InChI is InChI=1S/C18H26N4O3S/c1-3-12-26(24,25)22-11-7-10-16(22)18(23)19-13-17-20-14-8-5-6-9-15(14)21(17)4-2/h5-6,8-9,16H,3-4,7,10-13H2,1-2H3,(H,19,23). The lowest BCUT2D eigenvalue weighted by atomic mass is 10.2. The Hall–Kier alpha value is -1.93. The van der Waals surface area contributed by atoms with E-state index in [-0.39, 0.29) is 11.7 Å². The van der Waals surface area contributed by atoms with Crippen molar-refractivity contribution in [3.05, 3.63) is 30.1 Å². The molecule has 1 atom stereocenters. The van der Waals surface area contributed by atoms with Crippen LogP contribution in [0.5, 0.6) is 0 Å². The van der Waals surface area contributed by atoms with Crippen LogP contribution in [-0.2, 0) is 27.9 Å². The van der Waals surface area contributed by atoms with Gasteiger partial charge in [-0.15, -0.1) is 0 Å². The van der Waals surface area contributed by atoms with E-state index in [4.69, 9.17) is 0 Å². The van der Waals surface area contributed by atoms with Gasteiger partial charge >= 0.3 is 0 Å². The lowest BCUT2D eigenvalue weighted by molar-refractivity contribution is -0.124. The number of aromatic nitrogens is 2. The summed E-state index contributed by atoms with van der Waals surface area (Å²) in [6, 6.07) is 7.25. The van der Waals surface area contributed by atoms with E-state index in [1.807, 2.05) is 38.1 Å². The molecule has 3 rings (SSSR count). The molecule has 1 fully saturated rings. The predicted octanol–water partition coefficient (Wildman–Crippen LogP) is 1.88. The van der Waals surface area contributed by atoms with Crippen LogP contribution < -0.4 is 5.32 Å². The predicted molar refractivity (Wildman–Crippen MR) is 101 cm³/mol. The number of carbonyl (C=O) groups is 1. The number of sulfonamides is 1. The summed E-state index contributed by atoms with van der Waals surface area (Å²) in [5.41, 5.74) is 1.93. The van der Waals surface area contributed by atoms with Crippen molar-refractivity contribution < 1.29 is 13.2 Å². The van der Waals surface area contributed by atoms with Crippen molar-refractivity contribution in [2.75, 3.05) is 12.3 Å². The van der Waals surface area contributed by atoms with E-state index < -0.39 is 16.1 Å². The number of hydrogen-bond acceptors (Lipinski definition) is 4. The van der Waals surface area contributed by atoms with Crippen LogP contribution in [0.25, 0.3) is 11.0 Å². The summed E-state index contributed by atoms with van der Waals surface area (Å²) < 4.78 is 28.2. The normalized spacial score (nSPS) is 18.5. The van der Waals surface area contributed by atoms with E-state index in [9.17, 15) is 13.2 Å². The van der Waals surface area contributed by atoms with Gasteiger partial charge in [0, 0.05) is 13.1 Å². The highest BCUT2D eigenvalue weighted by Gasteiger charge is 2.37. The molecule has 0 aliphatic carbocycles. The van der Waals surface area contributed by atoms with Gasteiger partial charge in [0.2, 0.25) is 15.9 Å². The Balaban J connectivity index is 1.73. The third kappa shape index (κ3) is 3.61. The molecule has 0 bridgehead atoms. The molecule has 2 heterocycles. The van der Waals surface area contributed by atoms with Gasteiger partial charge in [-0.3, -0.25) is 4.79 Å². The zero-order chi connectivity index (χ0) is 18.7. The Morgan fingerprint density at radius 1 is 1.31 bits per heavy atom. The molecule has 8 heteroatoms. The average molecular weight is 378 g/mol. The first-order valence-corrected chi connectivity index (χ1v) is 10.8. The zero-order valence-corrected chi connectivity index (χ0v) is 16.1.